The Morgan fingerprint density at radius 2 is 1.90 bits per heavy atom. The molecular formula is C15H28N4O2. The van der Waals surface area contributed by atoms with Crippen LogP contribution in [0.25, 0.3) is 0 Å². The summed E-state index contributed by atoms with van der Waals surface area (Å²) >= 11 is 0. The number of likely N-dealkylation sites (tertiary alicyclic amines) is 2. The van der Waals surface area contributed by atoms with E-state index in [1.165, 1.54) is 12.8 Å². The maximum atomic E-state index is 12.9. The van der Waals surface area contributed by atoms with Gasteiger partial charge in [-0.3, -0.25) is 9.69 Å². The Kier molecular flexibility index (Phi) is 5.08. The van der Waals surface area contributed by atoms with Crippen molar-refractivity contribution in [1.29, 1.82) is 0 Å². The van der Waals surface area contributed by atoms with Gasteiger partial charge in [-0.1, -0.05) is 19.0 Å². The summed E-state index contributed by atoms with van der Waals surface area (Å²) in [5, 5.41) is 12.2. The van der Waals surface area contributed by atoms with Crippen molar-refractivity contribution < 1.29 is 10.0 Å². The van der Waals surface area contributed by atoms with E-state index >= 15 is 0 Å². The van der Waals surface area contributed by atoms with Gasteiger partial charge in [-0.2, -0.15) is 0 Å². The Labute approximate surface area is 127 Å². The maximum absolute atomic E-state index is 12.9. The number of carbonyl (C=O) groups excluding carboxylic acids is 1. The summed E-state index contributed by atoms with van der Waals surface area (Å²) in [5.74, 6) is 0.0617. The van der Waals surface area contributed by atoms with Gasteiger partial charge in [-0.25, -0.2) is 0 Å². The molecule has 0 aromatic rings. The Bertz CT molecular complexity index is 400. The van der Waals surface area contributed by atoms with Crippen molar-refractivity contribution in [3.63, 3.8) is 0 Å². The van der Waals surface area contributed by atoms with Gasteiger partial charge in [0.15, 0.2) is 5.84 Å². The van der Waals surface area contributed by atoms with Crippen molar-refractivity contribution in [3.8, 4) is 0 Å². The number of hydrogen-bond acceptors (Lipinski definition) is 4. The van der Waals surface area contributed by atoms with Crippen LogP contribution in [0.3, 0.4) is 0 Å². The van der Waals surface area contributed by atoms with E-state index in [1.807, 2.05) is 18.7 Å². The van der Waals surface area contributed by atoms with Crippen molar-refractivity contribution in [2.24, 2.45) is 16.3 Å². The molecule has 0 aromatic heterocycles. The zero-order valence-corrected chi connectivity index (χ0v) is 13.2. The van der Waals surface area contributed by atoms with Crippen LogP contribution in [0.15, 0.2) is 5.16 Å². The first kappa shape index (κ1) is 16.1. The fraction of sp³-hybridized carbons (Fsp3) is 0.867. The molecule has 1 amide bonds. The fourth-order valence-electron chi connectivity index (χ4n) is 3.75. The van der Waals surface area contributed by atoms with Gasteiger partial charge >= 0.3 is 0 Å². The number of carbonyl (C=O) groups is 1. The molecule has 1 atom stereocenters. The van der Waals surface area contributed by atoms with Gasteiger partial charge in [0.25, 0.3) is 0 Å². The molecule has 0 radical (unpaired) electrons. The van der Waals surface area contributed by atoms with E-state index in [0.717, 1.165) is 32.6 Å². The Hall–Kier alpha value is -1.30. The third-order valence-corrected chi connectivity index (χ3v) is 5.32. The topological polar surface area (TPSA) is 82.2 Å². The van der Waals surface area contributed by atoms with E-state index in [2.05, 4.69) is 10.1 Å². The van der Waals surface area contributed by atoms with Crippen LogP contribution in [0, 0.1) is 5.41 Å². The molecule has 0 spiro atoms. The second kappa shape index (κ2) is 6.64. The fourth-order valence-corrected chi connectivity index (χ4v) is 3.75. The van der Waals surface area contributed by atoms with Crippen LogP contribution >= 0.6 is 0 Å². The van der Waals surface area contributed by atoms with E-state index in [-0.39, 0.29) is 11.7 Å². The lowest BCUT2D eigenvalue weighted by Gasteiger charge is -2.33. The lowest BCUT2D eigenvalue weighted by Crippen LogP contribution is -2.51. The van der Waals surface area contributed by atoms with Gasteiger partial charge in [0.05, 0.1) is 0 Å². The number of amides is 1. The minimum absolute atomic E-state index is 0.0181. The number of amidine groups is 1. The first-order chi connectivity index (χ1) is 10.1. The molecular weight excluding hydrogens is 268 g/mol. The average molecular weight is 296 g/mol. The molecule has 21 heavy (non-hydrogen) atoms. The lowest BCUT2D eigenvalue weighted by molar-refractivity contribution is -0.138. The third-order valence-electron chi connectivity index (χ3n) is 5.32. The SMILES string of the molecule is CCC(CC)(C(=O)N1CCC(N2CCCC2)C1)C(N)=NO. The van der Waals surface area contributed by atoms with Gasteiger partial charge in [0, 0.05) is 19.1 Å². The summed E-state index contributed by atoms with van der Waals surface area (Å²) in [4.78, 5) is 17.3. The smallest absolute Gasteiger partial charge is 0.236 e. The van der Waals surface area contributed by atoms with Gasteiger partial charge in [-0.05, 0) is 45.2 Å². The molecule has 6 nitrogen and oxygen atoms in total. The lowest BCUT2D eigenvalue weighted by atomic mass is 9.79. The highest BCUT2D eigenvalue weighted by molar-refractivity contribution is 6.06. The molecule has 3 N–H and O–H groups in total. The average Bonchev–Trinajstić information content (AvgIpc) is 3.19. The first-order valence-electron chi connectivity index (χ1n) is 8.10. The van der Waals surface area contributed by atoms with Gasteiger partial charge in [0.2, 0.25) is 5.91 Å². The van der Waals surface area contributed by atoms with Crippen molar-refractivity contribution in [2.45, 2.75) is 52.0 Å². The molecule has 0 aromatic carbocycles. The van der Waals surface area contributed by atoms with E-state index in [9.17, 15) is 4.79 Å². The van der Waals surface area contributed by atoms with Crippen LogP contribution in [0.4, 0.5) is 0 Å². The third kappa shape index (κ3) is 2.86. The summed E-state index contributed by atoms with van der Waals surface area (Å²) in [6.07, 6.45) is 4.68. The van der Waals surface area contributed by atoms with Crippen molar-refractivity contribution in [2.75, 3.05) is 26.2 Å². The van der Waals surface area contributed by atoms with E-state index < -0.39 is 5.41 Å². The summed E-state index contributed by atoms with van der Waals surface area (Å²) in [6, 6.07) is 0.482. The van der Waals surface area contributed by atoms with Gasteiger partial charge in [-0.15, -0.1) is 0 Å². The van der Waals surface area contributed by atoms with E-state index in [4.69, 9.17) is 10.9 Å². The molecule has 2 rings (SSSR count). The Morgan fingerprint density at radius 3 is 2.43 bits per heavy atom. The van der Waals surface area contributed by atoms with Crippen molar-refractivity contribution in [3.05, 3.63) is 0 Å². The minimum Gasteiger partial charge on any atom is -0.409 e. The normalized spacial score (nSPS) is 24.8. The largest absolute Gasteiger partial charge is 0.409 e. The molecule has 0 saturated carbocycles. The highest BCUT2D eigenvalue weighted by Crippen LogP contribution is 2.32. The molecule has 2 fully saturated rings. The predicted octanol–water partition coefficient (Wildman–Crippen LogP) is 1.24. The monoisotopic (exact) mass is 296 g/mol. The first-order valence-corrected chi connectivity index (χ1v) is 8.10. The summed E-state index contributed by atoms with van der Waals surface area (Å²) in [5.41, 5.74) is 4.99. The molecule has 2 saturated heterocycles. The van der Waals surface area contributed by atoms with Crippen LogP contribution in [-0.2, 0) is 4.79 Å². The summed E-state index contributed by atoms with van der Waals surface area (Å²) in [6.45, 7) is 7.71. The predicted molar refractivity (Wildman–Crippen MR) is 82.2 cm³/mol. The molecule has 1 unspecified atom stereocenters. The Balaban J connectivity index is 2.08. The molecule has 120 valence electrons. The Morgan fingerprint density at radius 1 is 1.29 bits per heavy atom. The molecule has 2 aliphatic rings. The van der Waals surface area contributed by atoms with Crippen LogP contribution < -0.4 is 5.73 Å². The van der Waals surface area contributed by atoms with E-state index in [1.54, 1.807) is 0 Å². The van der Waals surface area contributed by atoms with E-state index in [0.29, 0.717) is 18.9 Å². The van der Waals surface area contributed by atoms with Crippen molar-refractivity contribution >= 4 is 11.7 Å². The zero-order chi connectivity index (χ0) is 15.5. The molecule has 0 bridgehead atoms. The molecule has 2 heterocycles. The number of rotatable bonds is 5. The van der Waals surface area contributed by atoms with Gasteiger partial charge in [0.1, 0.15) is 5.41 Å². The number of nitrogens with zero attached hydrogens (tertiary/aromatic N) is 3. The number of hydrogen-bond donors (Lipinski definition) is 2. The van der Waals surface area contributed by atoms with Crippen molar-refractivity contribution in [1.82, 2.24) is 9.80 Å². The van der Waals surface area contributed by atoms with Crippen LogP contribution in [0.1, 0.15) is 46.0 Å². The van der Waals surface area contributed by atoms with Crippen LogP contribution in [0.2, 0.25) is 0 Å². The molecule has 6 heteroatoms. The zero-order valence-electron chi connectivity index (χ0n) is 13.2. The summed E-state index contributed by atoms with van der Waals surface area (Å²) in [7, 11) is 0. The maximum Gasteiger partial charge on any atom is 0.236 e. The number of oxime groups is 1. The highest BCUT2D eigenvalue weighted by atomic mass is 16.4. The molecule has 0 aliphatic carbocycles. The van der Waals surface area contributed by atoms with Gasteiger partial charge < -0.3 is 15.8 Å². The highest BCUT2D eigenvalue weighted by Gasteiger charge is 2.44. The standard InChI is InChI=1S/C15H28N4O2/c1-3-15(4-2,13(16)17-21)14(20)19-10-7-12(11-19)18-8-5-6-9-18/h12,21H,3-11H2,1-2H3,(H2,16,17). The second-order valence-electron chi connectivity index (χ2n) is 6.21. The number of nitrogens with two attached hydrogens (primary N) is 1. The quantitative estimate of drug-likeness (QED) is 0.346. The summed E-state index contributed by atoms with van der Waals surface area (Å²) < 4.78 is 0. The molecule has 2 aliphatic heterocycles. The second-order valence-corrected chi connectivity index (χ2v) is 6.21. The van der Waals surface area contributed by atoms with Crippen LogP contribution in [-0.4, -0.2) is 59.0 Å². The van der Waals surface area contributed by atoms with Crippen LogP contribution in [0.5, 0.6) is 0 Å². The minimum atomic E-state index is -0.853.